The first kappa shape index (κ1) is 4.47. The number of hydrogen-bond donors (Lipinski definition) is 1. The molecule has 0 spiro atoms. The molecular formula is C3H7N2. The minimum Gasteiger partial charge on any atom is -0.313 e. The molecule has 0 aromatic rings. The summed E-state index contributed by atoms with van der Waals surface area (Å²) in [7, 11) is 1.72. The van der Waals surface area contributed by atoms with E-state index in [1.54, 1.807) is 7.05 Å². The zero-order valence-electron chi connectivity index (χ0n) is 3.23. The Morgan fingerprint density at radius 1 is 2.00 bits per heavy atom. The van der Waals surface area contributed by atoms with E-state index in [1.165, 1.54) is 6.21 Å². The fourth-order valence-corrected chi connectivity index (χ4v) is 0.0913. The minimum atomic E-state index is 1.44. The minimum absolute atomic E-state index is 1.44. The SMILES string of the molecule is [CH2]C=NNC. The Hall–Kier alpha value is -0.530. The fraction of sp³-hybridized carbons (Fsp3) is 0.333. The van der Waals surface area contributed by atoms with Crippen LogP contribution in [0.4, 0.5) is 0 Å². The molecule has 29 valence electrons. The maximum Gasteiger partial charge on any atom is 0.0246 e. The molecule has 0 saturated carbocycles. The van der Waals surface area contributed by atoms with E-state index in [0.717, 1.165) is 0 Å². The van der Waals surface area contributed by atoms with Gasteiger partial charge in [-0.1, -0.05) is 0 Å². The van der Waals surface area contributed by atoms with Crippen molar-refractivity contribution in [1.29, 1.82) is 0 Å². The third kappa shape index (κ3) is 3.47. The van der Waals surface area contributed by atoms with Gasteiger partial charge in [0.15, 0.2) is 0 Å². The van der Waals surface area contributed by atoms with E-state index in [1.807, 2.05) is 0 Å². The first-order chi connectivity index (χ1) is 2.41. The number of nitrogens with one attached hydrogen (secondary N) is 1. The highest BCUT2D eigenvalue weighted by Gasteiger charge is 1.44. The summed E-state index contributed by atoms with van der Waals surface area (Å²) in [5.74, 6) is 0. The molecule has 0 heterocycles. The van der Waals surface area contributed by atoms with Gasteiger partial charge in [0.2, 0.25) is 0 Å². The molecule has 0 atom stereocenters. The van der Waals surface area contributed by atoms with Crippen LogP contribution in [-0.4, -0.2) is 13.3 Å². The van der Waals surface area contributed by atoms with Gasteiger partial charge in [-0.25, -0.2) is 0 Å². The van der Waals surface area contributed by atoms with E-state index >= 15 is 0 Å². The molecule has 1 N–H and O–H groups in total. The van der Waals surface area contributed by atoms with Gasteiger partial charge in [0.1, 0.15) is 0 Å². The predicted molar refractivity (Wildman–Crippen MR) is 22.9 cm³/mol. The summed E-state index contributed by atoms with van der Waals surface area (Å²) in [6.45, 7) is 3.32. The van der Waals surface area contributed by atoms with Crippen LogP contribution in [0.1, 0.15) is 0 Å². The third-order valence-corrected chi connectivity index (χ3v) is 0.220. The summed E-state index contributed by atoms with van der Waals surface area (Å²) in [5.41, 5.74) is 2.52. The van der Waals surface area contributed by atoms with Crippen LogP contribution in [0.2, 0.25) is 0 Å². The number of rotatable bonds is 1. The fourth-order valence-electron chi connectivity index (χ4n) is 0.0913. The van der Waals surface area contributed by atoms with Crippen molar-refractivity contribution in [3.8, 4) is 0 Å². The van der Waals surface area contributed by atoms with Crippen LogP contribution in [0, 0.1) is 6.92 Å². The Labute approximate surface area is 31.9 Å². The van der Waals surface area contributed by atoms with Crippen molar-refractivity contribution < 1.29 is 0 Å². The van der Waals surface area contributed by atoms with Gasteiger partial charge < -0.3 is 5.43 Å². The zero-order chi connectivity index (χ0) is 4.12. The van der Waals surface area contributed by atoms with Gasteiger partial charge in [0.05, 0.1) is 0 Å². The van der Waals surface area contributed by atoms with Crippen molar-refractivity contribution in [2.45, 2.75) is 0 Å². The predicted octanol–water partition coefficient (Wildman–Crippen LogP) is 0.0257. The second-order valence-corrected chi connectivity index (χ2v) is 0.535. The van der Waals surface area contributed by atoms with Gasteiger partial charge in [-0.3, -0.25) is 0 Å². The Morgan fingerprint density at radius 2 is 2.60 bits per heavy atom. The molecule has 0 rings (SSSR count). The average Bonchev–Trinajstić information content (AvgIpc) is 1.41. The standard InChI is InChI=1S/C3H7N2/c1-3-5-4-2/h3-4H,1H2,2H3. The van der Waals surface area contributed by atoms with Gasteiger partial charge in [-0.05, 0) is 6.92 Å². The van der Waals surface area contributed by atoms with Gasteiger partial charge >= 0.3 is 0 Å². The summed E-state index contributed by atoms with van der Waals surface area (Å²) in [6, 6.07) is 0. The van der Waals surface area contributed by atoms with Crippen molar-refractivity contribution in [3.05, 3.63) is 6.92 Å². The second-order valence-electron chi connectivity index (χ2n) is 0.535. The van der Waals surface area contributed by atoms with Crippen molar-refractivity contribution in [1.82, 2.24) is 5.43 Å². The molecule has 0 unspecified atom stereocenters. The Balaban J connectivity index is 2.62. The first-order valence-electron chi connectivity index (χ1n) is 1.39. The molecule has 0 aliphatic heterocycles. The largest absolute Gasteiger partial charge is 0.313 e. The summed E-state index contributed by atoms with van der Waals surface area (Å²) < 4.78 is 0. The topological polar surface area (TPSA) is 24.4 Å². The highest BCUT2D eigenvalue weighted by Crippen LogP contribution is 1.40. The van der Waals surface area contributed by atoms with Crippen molar-refractivity contribution >= 4 is 6.21 Å². The molecule has 0 amide bonds. The molecule has 2 heteroatoms. The van der Waals surface area contributed by atoms with Crippen LogP contribution in [0.25, 0.3) is 0 Å². The maximum absolute atomic E-state index is 3.49. The van der Waals surface area contributed by atoms with Gasteiger partial charge in [-0.2, -0.15) is 5.10 Å². The van der Waals surface area contributed by atoms with E-state index in [0.29, 0.717) is 0 Å². The van der Waals surface area contributed by atoms with Crippen molar-refractivity contribution in [2.24, 2.45) is 5.10 Å². The van der Waals surface area contributed by atoms with Crippen molar-refractivity contribution in [2.75, 3.05) is 7.05 Å². The van der Waals surface area contributed by atoms with E-state index in [-0.39, 0.29) is 0 Å². The maximum atomic E-state index is 3.49. The summed E-state index contributed by atoms with van der Waals surface area (Å²) in [4.78, 5) is 0. The highest BCUT2D eigenvalue weighted by atomic mass is 15.2. The molecule has 5 heavy (non-hydrogen) atoms. The summed E-state index contributed by atoms with van der Waals surface area (Å²) >= 11 is 0. The van der Waals surface area contributed by atoms with E-state index < -0.39 is 0 Å². The van der Waals surface area contributed by atoms with Gasteiger partial charge in [-0.15, -0.1) is 0 Å². The normalized spacial score (nSPS) is 9.20. The monoisotopic (exact) mass is 71.1 g/mol. The van der Waals surface area contributed by atoms with Crippen LogP contribution in [0.15, 0.2) is 5.10 Å². The van der Waals surface area contributed by atoms with Crippen molar-refractivity contribution in [3.63, 3.8) is 0 Å². The first-order valence-corrected chi connectivity index (χ1v) is 1.39. The molecular weight excluding hydrogens is 64.0 g/mol. The molecule has 0 aromatic carbocycles. The molecule has 0 aliphatic carbocycles. The molecule has 0 aromatic heterocycles. The summed E-state index contributed by atoms with van der Waals surface area (Å²) in [6.07, 6.45) is 1.44. The lowest BCUT2D eigenvalue weighted by Gasteiger charge is -1.75. The average molecular weight is 71.1 g/mol. The van der Waals surface area contributed by atoms with Crippen LogP contribution in [-0.2, 0) is 0 Å². The lowest BCUT2D eigenvalue weighted by atomic mass is 10.9. The summed E-state index contributed by atoms with van der Waals surface area (Å²) in [5, 5.41) is 3.49. The Bertz CT molecular complexity index is 31.9. The molecule has 0 fully saturated rings. The Kier molecular flexibility index (Phi) is 3.10. The molecule has 0 aliphatic rings. The van der Waals surface area contributed by atoms with E-state index in [4.69, 9.17) is 0 Å². The van der Waals surface area contributed by atoms with Crippen LogP contribution < -0.4 is 5.43 Å². The quantitative estimate of drug-likeness (QED) is 0.342. The highest BCUT2D eigenvalue weighted by molar-refractivity contribution is 5.61. The number of hydrogen-bond acceptors (Lipinski definition) is 2. The second kappa shape index (κ2) is 3.47. The molecule has 0 bridgehead atoms. The van der Waals surface area contributed by atoms with E-state index in [2.05, 4.69) is 17.5 Å². The van der Waals surface area contributed by atoms with Crippen LogP contribution in [0.5, 0.6) is 0 Å². The van der Waals surface area contributed by atoms with Crippen LogP contribution >= 0.6 is 0 Å². The zero-order valence-corrected chi connectivity index (χ0v) is 3.23. The van der Waals surface area contributed by atoms with Gasteiger partial charge in [0.25, 0.3) is 0 Å². The molecule has 1 radical (unpaired) electrons. The van der Waals surface area contributed by atoms with E-state index in [9.17, 15) is 0 Å². The lowest BCUT2D eigenvalue weighted by Crippen LogP contribution is -1.90. The number of hydrazone groups is 1. The number of nitrogens with zero attached hydrogens (tertiary/aromatic N) is 1. The third-order valence-electron chi connectivity index (χ3n) is 0.220. The lowest BCUT2D eigenvalue weighted by molar-refractivity contribution is 0.909. The molecule has 2 nitrogen and oxygen atoms in total. The molecule has 0 saturated heterocycles. The van der Waals surface area contributed by atoms with Crippen LogP contribution in [0.3, 0.4) is 0 Å². The smallest absolute Gasteiger partial charge is 0.0246 e. The Morgan fingerprint density at radius 3 is 2.60 bits per heavy atom. The van der Waals surface area contributed by atoms with Gasteiger partial charge in [0, 0.05) is 13.3 Å².